The Labute approximate surface area is 116 Å². The molecule has 0 aliphatic heterocycles. The summed E-state index contributed by atoms with van der Waals surface area (Å²) in [4.78, 5) is 18.3. The van der Waals surface area contributed by atoms with Crippen LogP contribution in [0.4, 0.5) is 0 Å². The molecule has 0 aliphatic rings. The second kappa shape index (κ2) is 9.51. The number of carboxylic acid groups (broad SMARTS) is 2. The fourth-order valence-electron chi connectivity index (χ4n) is 0.230. The van der Waals surface area contributed by atoms with Gasteiger partial charge in [0.2, 0.25) is 0 Å². The molecule has 0 amide bonds. The van der Waals surface area contributed by atoms with E-state index in [0.29, 0.717) is 0 Å². The van der Waals surface area contributed by atoms with Gasteiger partial charge in [-0.2, -0.15) is 0 Å². The van der Waals surface area contributed by atoms with Crippen molar-refractivity contribution < 1.29 is 78.9 Å². The molecule has 52 valence electrons. The van der Waals surface area contributed by atoms with Gasteiger partial charge < -0.3 is 19.8 Å². The molecule has 0 radical (unpaired) electrons. The van der Waals surface area contributed by atoms with E-state index in [2.05, 4.69) is 15.9 Å². The first kappa shape index (κ1) is 18.3. The fraction of sp³-hybridized carbons (Fsp3) is 0.500. The fourth-order valence-corrected chi connectivity index (χ4v) is 0.494. The Bertz CT molecular complexity index is 140. The molecule has 0 saturated heterocycles. The van der Waals surface area contributed by atoms with Crippen LogP contribution in [-0.2, 0) is 9.59 Å². The van der Waals surface area contributed by atoms with E-state index in [1.165, 1.54) is 0 Å². The zero-order valence-corrected chi connectivity index (χ0v) is 11.9. The summed E-state index contributed by atoms with van der Waals surface area (Å²) in [6.45, 7) is 0. The average Bonchev–Trinajstić information content (AvgIpc) is 1.63. The Balaban J connectivity index is -0.000000320. The maximum absolute atomic E-state index is 9.79. The second-order valence-corrected chi connectivity index (χ2v) is 2.47. The molecule has 0 spiro atoms. The maximum atomic E-state index is 9.79. The summed E-state index contributed by atoms with van der Waals surface area (Å²) in [5.74, 6) is -2.86. The van der Waals surface area contributed by atoms with E-state index in [0.717, 1.165) is 0 Å². The monoisotopic (exact) mass is 240 g/mol. The Hall–Kier alpha value is 1.42. The molecule has 1 atom stereocenters. The molecule has 7 heteroatoms. The van der Waals surface area contributed by atoms with Crippen molar-refractivity contribution in [3.63, 3.8) is 0 Å². The third-order valence-corrected chi connectivity index (χ3v) is 1.30. The van der Waals surface area contributed by atoms with Gasteiger partial charge in [-0.3, -0.25) is 0 Å². The zero-order valence-electron chi connectivity index (χ0n) is 6.30. The number of rotatable bonds is 3. The van der Waals surface area contributed by atoms with E-state index in [-0.39, 0.29) is 59.1 Å². The standard InChI is InChI=1S/C4H5BrO4.2Na/c5-2(4(8)9)1-3(6)7;;/h2H,1H2,(H,6,7)(H,8,9);;/q;2*+1/p-2/t2-;;/m0../s1. The van der Waals surface area contributed by atoms with Gasteiger partial charge in [-0.25, -0.2) is 0 Å². The van der Waals surface area contributed by atoms with Crippen molar-refractivity contribution in [3.8, 4) is 0 Å². The van der Waals surface area contributed by atoms with E-state index in [1.54, 1.807) is 0 Å². The molecule has 0 aromatic heterocycles. The van der Waals surface area contributed by atoms with Crippen LogP contribution in [0.3, 0.4) is 0 Å². The van der Waals surface area contributed by atoms with Crippen molar-refractivity contribution in [2.45, 2.75) is 11.2 Å². The molecule has 0 aliphatic carbocycles. The predicted octanol–water partition coefficient (Wildman–Crippen LogP) is -8.35. The van der Waals surface area contributed by atoms with Crippen molar-refractivity contribution >= 4 is 27.9 Å². The second-order valence-electron chi connectivity index (χ2n) is 1.36. The van der Waals surface area contributed by atoms with Gasteiger partial charge in [-0.15, -0.1) is 0 Å². The molecule has 0 rings (SSSR count). The minimum absolute atomic E-state index is 0. The SMILES string of the molecule is O=C([O-])C[C@H](Br)C(=O)[O-].[Na+].[Na+]. The normalized spacial score (nSPS) is 10.3. The van der Waals surface area contributed by atoms with Crippen LogP contribution in [0.15, 0.2) is 0 Å². The first-order valence-electron chi connectivity index (χ1n) is 2.09. The predicted molar refractivity (Wildman–Crippen MR) is 27.3 cm³/mol. The van der Waals surface area contributed by atoms with Crippen LogP contribution in [0.25, 0.3) is 0 Å². The minimum atomic E-state index is -1.45. The van der Waals surface area contributed by atoms with Gasteiger partial charge in [-0.1, -0.05) is 15.9 Å². The van der Waals surface area contributed by atoms with E-state index in [9.17, 15) is 19.8 Å². The van der Waals surface area contributed by atoms with E-state index >= 15 is 0 Å². The maximum Gasteiger partial charge on any atom is 1.00 e. The number of halogens is 1. The largest absolute Gasteiger partial charge is 1.00 e. The number of hydrogen-bond donors (Lipinski definition) is 0. The van der Waals surface area contributed by atoms with Gasteiger partial charge in [0, 0.05) is 12.4 Å². The molecule has 0 heterocycles. The van der Waals surface area contributed by atoms with Gasteiger partial charge >= 0.3 is 59.1 Å². The summed E-state index contributed by atoms with van der Waals surface area (Å²) >= 11 is 2.56. The molecule has 0 unspecified atom stereocenters. The van der Waals surface area contributed by atoms with E-state index in [4.69, 9.17) is 0 Å². The van der Waals surface area contributed by atoms with Gasteiger partial charge in [0.05, 0.1) is 10.8 Å². The Kier molecular flexibility index (Phi) is 15.8. The van der Waals surface area contributed by atoms with Gasteiger partial charge in [0.15, 0.2) is 0 Å². The van der Waals surface area contributed by atoms with Crippen LogP contribution in [0.5, 0.6) is 0 Å². The molecule has 4 nitrogen and oxygen atoms in total. The number of carbonyl (C=O) groups is 2. The van der Waals surface area contributed by atoms with Gasteiger partial charge in [0.25, 0.3) is 0 Å². The molecular weight excluding hydrogens is 238 g/mol. The molecule has 11 heavy (non-hydrogen) atoms. The summed E-state index contributed by atoms with van der Waals surface area (Å²) in [7, 11) is 0. The van der Waals surface area contributed by atoms with Crippen molar-refractivity contribution in [2.24, 2.45) is 0 Å². The summed E-state index contributed by atoms with van der Waals surface area (Å²) in [6.07, 6.45) is -0.567. The number of aliphatic carboxylic acids is 2. The van der Waals surface area contributed by atoms with Crippen LogP contribution >= 0.6 is 15.9 Å². The number of carboxylic acids is 2. The topological polar surface area (TPSA) is 80.3 Å². The quantitative estimate of drug-likeness (QED) is 0.363. The van der Waals surface area contributed by atoms with Crippen molar-refractivity contribution in [3.05, 3.63) is 0 Å². The van der Waals surface area contributed by atoms with Crippen molar-refractivity contribution in [1.82, 2.24) is 0 Å². The smallest absolute Gasteiger partial charge is 0.550 e. The third-order valence-electron chi connectivity index (χ3n) is 0.602. The summed E-state index contributed by atoms with van der Waals surface area (Å²) in [5, 5.41) is 19.5. The summed E-state index contributed by atoms with van der Waals surface area (Å²) < 4.78 is 0. The molecule has 0 N–H and O–H groups in total. The molecule has 0 aromatic rings. The number of hydrogen-bond acceptors (Lipinski definition) is 4. The minimum Gasteiger partial charge on any atom is -0.550 e. The Morgan fingerprint density at radius 1 is 1.27 bits per heavy atom. The van der Waals surface area contributed by atoms with Crippen molar-refractivity contribution in [2.75, 3.05) is 0 Å². The molecule has 0 fully saturated rings. The van der Waals surface area contributed by atoms with Crippen LogP contribution in [0, 0.1) is 0 Å². The van der Waals surface area contributed by atoms with Crippen LogP contribution in [0.1, 0.15) is 6.42 Å². The first-order valence-corrected chi connectivity index (χ1v) is 3.00. The number of carbonyl (C=O) groups excluding carboxylic acids is 2. The average molecular weight is 241 g/mol. The Morgan fingerprint density at radius 2 is 1.64 bits per heavy atom. The molecule has 0 bridgehead atoms. The molecule has 0 aromatic carbocycles. The summed E-state index contributed by atoms with van der Waals surface area (Å²) in [6, 6.07) is 0. The van der Waals surface area contributed by atoms with E-state index < -0.39 is 23.2 Å². The van der Waals surface area contributed by atoms with Crippen LogP contribution in [0.2, 0.25) is 0 Å². The van der Waals surface area contributed by atoms with Crippen LogP contribution in [-0.4, -0.2) is 16.8 Å². The zero-order chi connectivity index (χ0) is 7.44. The van der Waals surface area contributed by atoms with Crippen LogP contribution < -0.4 is 69.3 Å². The third kappa shape index (κ3) is 11.4. The number of alkyl halides is 1. The van der Waals surface area contributed by atoms with E-state index in [1.807, 2.05) is 0 Å². The first-order chi connectivity index (χ1) is 4.04. The van der Waals surface area contributed by atoms with Gasteiger partial charge in [0.1, 0.15) is 0 Å². The summed E-state index contributed by atoms with van der Waals surface area (Å²) in [5.41, 5.74) is 0. The van der Waals surface area contributed by atoms with Gasteiger partial charge in [-0.05, 0) is 0 Å². The molecular formula is C4H3BrNa2O4. The van der Waals surface area contributed by atoms with Crippen molar-refractivity contribution in [1.29, 1.82) is 0 Å². The molecule has 0 saturated carbocycles. The Morgan fingerprint density at radius 3 is 1.73 bits per heavy atom.